The molecule has 0 atom stereocenters. The third kappa shape index (κ3) is 4.50. The normalized spacial score (nSPS) is 12.7. The van der Waals surface area contributed by atoms with Crippen LogP contribution in [0.4, 0.5) is 11.4 Å². The average Bonchev–Trinajstić information content (AvgIpc) is 3.17. The lowest BCUT2D eigenvalue weighted by molar-refractivity contribution is -0.117. The van der Waals surface area contributed by atoms with Crippen molar-refractivity contribution in [3.05, 3.63) is 88.7 Å². The Balaban J connectivity index is 1.50. The smallest absolute Gasteiger partial charge is 0.255 e. The third-order valence-corrected chi connectivity index (χ3v) is 5.67. The zero-order valence-electron chi connectivity index (χ0n) is 18.2. The van der Waals surface area contributed by atoms with Crippen LogP contribution in [0.5, 0.6) is 0 Å². The number of hydrogen-bond acceptors (Lipinski definition) is 3. The minimum Gasteiger partial charge on any atom is -0.322 e. The number of aromatic nitrogens is 1. The summed E-state index contributed by atoms with van der Waals surface area (Å²) in [6, 6.07) is 17.3. The predicted octanol–water partition coefficient (Wildman–Crippen LogP) is 4.90. The van der Waals surface area contributed by atoms with Crippen molar-refractivity contribution in [1.82, 2.24) is 4.98 Å². The monoisotopic (exact) mass is 413 g/mol. The quantitative estimate of drug-likeness (QED) is 0.647. The molecule has 0 aliphatic carbocycles. The lowest BCUT2D eigenvalue weighted by atomic mass is 9.95. The Kier molecular flexibility index (Phi) is 5.85. The number of anilines is 2. The number of rotatable bonds is 5. The third-order valence-electron chi connectivity index (χ3n) is 5.67. The number of nitrogens with zero attached hydrogens (tertiary/aromatic N) is 2. The van der Waals surface area contributed by atoms with E-state index < -0.39 is 0 Å². The number of benzene rings is 2. The number of carbonyl (C=O) groups is 2. The van der Waals surface area contributed by atoms with E-state index in [1.807, 2.05) is 60.4 Å². The molecule has 3 aromatic rings. The highest BCUT2D eigenvalue weighted by Crippen LogP contribution is 2.31. The summed E-state index contributed by atoms with van der Waals surface area (Å²) in [5.74, 6) is 0.194. The van der Waals surface area contributed by atoms with E-state index in [-0.39, 0.29) is 24.2 Å². The molecule has 0 saturated carbocycles. The van der Waals surface area contributed by atoms with Crippen molar-refractivity contribution in [2.24, 2.45) is 0 Å². The topological polar surface area (TPSA) is 62.3 Å². The Morgan fingerprint density at radius 1 is 1.10 bits per heavy atom. The molecule has 2 amide bonds. The van der Waals surface area contributed by atoms with Crippen LogP contribution in [0.15, 0.2) is 60.8 Å². The standard InChI is InChI=1S/C26H27N3O2/c1-17(2)23-14-18(3)7-9-22(23)26(31)28-21-8-10-24-19(15-21)11-13-29(24)25(30)16-20-6-4-5-12-27-20/h4-10,12,14-15,17H,11,13,16H2,1-3H3,(H,28,31). The average molecular weight is 414 g/mol. The summed E-state index contributed by atoms with van der Waals surface area (Å²) < 4.78 is 0. The van der Waals surface area contributed by atoms with Gasteiger partial charge in [0.1, 0.15) is 0 Å². The van der Waals surface area contributed by atoms with Gasteiger partial charge in [-0.25, -0.2) is 0 Å². The maximum absolute atomic E-state index is 12.9. The van der Waals surface area contributed by atoms with Gasteiger partial charge in [0, 0.05) is 35.4 Å². The van der Waals surface area contributed by atoms with E-state index in [1.165, 1.54) is 0 Å². The van der Waals surface area contributed by atoms with Crippen molar-refractivity contribution >= 4 is 23.2 Å². The molecule has 4 rings (SSSR count). The molecule has 1 aliphatic heterocycles. The van der Waals surface area contributed by atoms with Gasteiger partial charge >= 0.3 is 0 Å². The first-order valence-corrected chi connectivity index (χ1v) is 10.7. The summed E-state index contributed by atoms with van der Waals surface area (Å²) >= 11 is 0. The Morgan fingerprint density at radius 2 is 1.94 bits per heavy atom. The first kappa shape index (κ1) is 20.8. The van der Waals surface area contributed by atoms with Crippen LogP contribution in [-0.2, 0) is 17.6 Å². The van der Waals surface area contributed by atoms with E-state index in [0.29, 0.717) is 12.1 Å². The zero-order chi connectivity index (χ0) is 22.0. The Morgan fingerprint density at radius 3 is 2.68 bits per heavy atom. The second-order valence-corrected chi connectivity index (χ2v) is 8.34. The van der Waals surface area contributed by atoms with Gasteiger partial charge in [-0.1, -0.05) is 37.6 Å². The van der Waals surface area contributed by atoms with Gasteiger partial charge in [-0.2, -0.15) is 0 Å². The molecule has 0 spiro atoms. The summed E-state index contributed by atoms with van der Waals surface area (Å²) in [5, 5.41) is 3.03. The minimum atomic E-state index is -0.107. The molecule has 1 aromatic heterocycles. The van der Waals surface area contributed by atoms with Crippen LogP contribution in [0.1, 0.15) is 52.5 Å². The summed E-state index contributed by atoms with van der Waals surface area (Å²) in [5.41, 5.74) is 6.39. The second-order valence-electron chi connectivity index (χ2n) is 8.34. The minimum absolute atomic E-state index is 0.0375. The van der Waals surface area contributed by atoms with Crippen molar-refractivity contribution in [2.45, 2.75) is 39.5 Å². The van der Waals surface area contributed by atoms with E-state index in [1.54, 1.807) is 6.20 Å². The highest BCUT2D eigenvalue weighted by atomic mass is 16.2. The summed E-state index contributed by atoms with van der Waals surface area (Å²) in [4.78, 5) is 31.8. The van der Waals surface area contributed by atoms with Crippen molar-refractivity contribution < 1.29 is 9.59 Å². The lowest BCUT2D eigenvalue weighted by Crippen LogP contribution is -2.30. The Bertz CT molecular complexity index is 1120. The molecule has 0 unspecified atom stereocenters. The van der Waals surface area contributed by atoms with Crippen molar-refractivity contribution in [1.29, 1.82) is 0 Å². The second kappa shape index (κ2) is 8.72. The van der Waals surface area contributed by atoms with Gasteiger partial charge in [-0.15, -0.1) is 0 Å². The fraction of sp³-hybridized carbons (Fsp3) is 0.269. The SMILES string of the molecule is Cc1ccc(C(=O)Nc2ccc3c(c2)CCN3C(=O)Cc2ccccn2)c(C(C)C)c1. The number of amides is 2. The molecule has 0 radical (unpaired) electrons. The number of carbonyl (C=O) groups excluding carboxylic acids is 2. The van der Waals surface area contributed by atoms with E-state index in [9.17, 15) is 9.59 Å². The largest absolute Gasteiger partial charge is 0.322 e. The van der Waals surface area contributed by atoms with Gasteiger partial charge in [0.05, 0.1) is 6.42 Å². The number of nitrogens with one attached hydrogen (secondary N) is 1. The summed E-state index contributed by atoms with van der Waals surface area (Å²) in [6.45, 7) is 6.87. The number of hydrogen-bond donors (Lipinski definition) is 1. The van der Waals surface area contributed by atoms with Crippen molar-refractivity contribution in [2.75, 3.05) is 16.8 Å². The molecule has 31 heavy (non-hydrogen) atoms. The number of fused-ring (bicyclic) bond motifs is 1. The van der Waals surface area contributed by atoms with Crippen LogP contribution in [0, 0.1) is 6.92 Å². The molecule has 0 saturated heterocycles. The summed E-state index contributed by atoms with van der Waals surface area (Å²) in [7, 11) is 0. The van der Waals surface area contributed by atoms with Gasteiger partial charge in [-0.05, 0) is 66.8 Å². The molecule has 2 heterocycles. The van der Waals surface area contributed by atoms with Crippen LogP contribution >= 0.6 is 0 Å². The molecule has 5 heteroatoms. The predicted molar refractivity (Wildman–Crippen MR) is 124 cm³/mol. The zero-order valence-corrected chi connectivity index (χ0v) is 18.2. The van der Waals surface area contributed by atoms with E-state index in [2.05, 4.69) is 30.2 Å². The molecular formula is C26H27N3O2. The highest BCUT2D eigenvalue weighted by molar-refractivity contribution is 6.06. The number of pyridine rings is 1. The Labute approximate surface area is 183 Å². The molecule has 0 bridgehead atoms. The van der Waals surface area contributed by atoms with Gasteiger partial charge in [0.25, 0.3) is 5.91 Å². The Hall–Kier alpha value is -3.47. The van der Waals surface area contributed by atoms with Crippen LogP contribution in [0.3, 0.4) is 0 Å². The van der Waals surface area contributed by atoms with Gasteiger partial charge in [0.2, 0.25) is 5.91 Å². The van der Waals surface area contributed by atoms with Gasteiger partial charge in [-0.3, -0.25) is 14.6 Å². The first-order valence-electron chi connectivity index (χ1n) is 10.7. The van der Waals surface area contributed by atoms with Crippen LogP contribution in [0.2, 0.25) is 0 Å². The lowest BCUT2D eigenvalue weighted by Gasteiger charge is -2.18. The van der Waals surface area contributed by atoms with Crippen molar-refractivity contribution in [3.8, 4) is 0 Å². The van der Waals surface area contributed by atoms with E-state index in [4.69, 9.17) is 0 Å². The van der Waals surface area contributed by atoms with Crippen LogP contribution < -0.4 is 10.2 Å². The fourth-order valence-electron chi connectivity index (χ4n) is 4.06. The molecule has 1 aliphatic rings. The van der Waals surface area contributed by atoms with Gasteiger partial charge < -0.3 is 10.2 Å². The molecule has 2 aromatic carbocycles. The van der Waals surface area contributed by atoms with Gasteiger partial charge in [0.15, 0.2) is 0 Å². The molecular weight excluding hydrogens is 386 g/mol. The number of aryl methyl sites for hydroxylation is 1. The molecule has 0 fully saturated rings. The maximum atomic E-state index is 12.9. The molecule has 158 valence electrons. The molecule has 5 nitrogen and oxygen atoms in total. The van der Waals surface area contributed by atoms with Crippen LogP contribution in [-0.4, -0.2) is 23.3 Å². The first-order chi connectivity index (χ1) is 14.9. The van der Waals surface area contributed by atoms with Crippen LogP contribution in [0.25, 0.3) is 0 Å². The van der Waals surface area contributed by atoms with Crippen molar-refractivity contribution in [3.63, 3.8) is 0 Å². The van der Waals surface area contributed by atoms with E-state index >= 15 is 0 Å². The summed E-state index contributed by atoms with van der Waals surface area (Å²) in [6.07, 6.45) is 2.76. The highest BCUT2D eigenvalue weighted by Gasteiger charge is 2.25. The fourth-order valence-corrected chi connectivity index (χ4v) is 4.06. The van der Waals surface area contributed by atoms with E-state index in [0.717, 1.165) is 40.2 Å². The molecule has 1 N–H and O–H groups in total. The maximum Gasteiger partial charge on any atom is 0.255 e.